The summed E-state index contributed by atoms with van der Waals surface area (Å²) in [6.07, 6.45) is 9.49. The molecule has 53 heavy (non-hydrogen) atoms. The number of nitrogens with zero attached hydrogens (tertiary/aromatic N) is 2. The standard InChI is InChI=1S/C47H61N2O3P/c1-45(2,3)36-27-33(19-18-26-53(52,38-20-12-10-13-21-38)39-22-14-11-15-23-39)43(50)34(28-36)31-48-41-24-16-17-25-42(41)49-32-35-29-37(46(4,5)6)30-40(44(35)51)47(7,8)9/h10-15,20-23,27-32,41-42,50-51H,16-19,24-26H2,1-9H3. The minimum atomic E-state index is -2.86. The Labute approximate surface area is 319 Å². The van der Waals surface area contributed by atoms with E-state index >= 15 is 0 Å². The van der Waals surface area contributed by atoms with E-state index in [0.29, 0.717) is 30.3 Å². The van der Waals surface area contributed by atoms with Crippen molar-refractivity contribution >= 4 is 30.2 Å². The highest BCUT2D eigenvalue weighted by Gasteiger charge is 2.29. The van der Waals surface area contributed by atoms with Crippen molar-refractivity contribution in [3.05, 3.63) is 118 Å². The molecule has 1 saturated carbocycles. The molecule has 0 aromatic heterocycles. The molecule has 0 amide bonds. The van der Waals surface area contributed by atoms with E-state index in [1.807, 2.05) is 73.1 Å². The quantitative estimate of drug-likeness (QED) is 0.126. The van der Waals surface area contributed by atoms with Crippen LogP contribution in [-0.4, -0.2) is 40.9 Å². The van der Waals surface area contributed by atoms with Crippen molar-refractivity contribution in [2.45, 2.75) is 129 Å². The van der Waals surface area contributed by atoms with E-state index < -0.39 is 7.14 Å². The van der Waals surface area contributed by atoms with Gasteiger partial charge in [-0.3, -0.25) is 9.98 Å². The average Bonchev–Trinajstić information content (AvgIpc) is 3.11. The van der Waals surface area contributed by atoms with Crippen LogP contribution in [0.2, 0.25) is 0 Å². The Morgan fingerprint density at radius 3 is 1.55 bits per heavy atom. The first-order valence-corrected chi connectivity index (χ1v) is 21.3. The van der Waals surface area contributed by atoms with Crippen molar-refractivity contribution in [3.8, 4) is 11.5 Å². The molecule has 2 N–H and O–H groups in total. The highest BCUT2D eigenvalue weighted by molar-refractivity contribution is 7.78. The zero-order valence-electron chi connectivity index (χ0n) is 33.5. The summed E-state index contributed by atoms with van der Waals surface area (Å²) in [5.41, 5.74) is 5.13. The second-order valence-corrected chi connectivity index (χ2v) is 21.0. The summed E-state index contributed by atoms with van der Waals surface area (Å²) in [5, 5.41) is 24.8. The van der Waals surface area contributed by atoms with Crippen molar-refractivity contribution in [2.24, 2.45) is 9.98 Å². The van der Waals surface area contributed by atoms with Crippen LogP contribution in [0.3, 0.4) is 0 Å². The Bertz CT molecular complexity index is 1920. The number of hydrogen-bond acceptors (Lipinski definition) is 5. The van der Waals surface area contributed by atoms with E-state index in [4.69, 9.17) is 9.98 Å². The number of phenols is 2. The fraction of sp³-hybridized carbons (Fsp3) is 0.447. The molecule has 0 aliphatic heterocycles. The van der Waals surface area contributed by atoms with Crippen LogP contribution < -0.4 is 10.6 Å². The van der Waals surface area contributed by atoms with Gasteiger partial charge in [0.05, 0.1) is 12.1 Å². The molecule has 0 saturated heterocycles. The Morgan fingerprint density at radius 2 is 1.09 bits per heavy atom. The highest BCUT2D eigenvalue weighted by Crippen LogP contribution is 2.45. The first-order chi connectivity index (χ1) is 24.9. The first kappa shape index (κ1) is 40.2. The van der Waals surface area contributed by atoms with Gasteiger partial charge in [0.2, 0.25) is 0 Å². The van der Waals surface area contributed by atoms with Gasteiger partial charge in [-0.2, -0.15) is 0 Å². The third-order valence-electron chi connectivity index (χ3n) is 10.7. The summed E-state index contributed by atoms with van der Waals surface area (Å²) in [6.45, 7) is 19.5. The lowest BCUT2D eigenvalue weighted by Gasteiger charge is -2.28. The molecule has 4 aromatic carbocycles. The number of aryl methyl sites for hydroxylation is 1. The molecule has 0 radical (unpaired) electrons. The van der Waals surface area contributed by atoms with E-state index in [1.165, 1.54) is 5.56 Å². The smallest absolute Gasteiger partial charge is 0.143 e. The van der Waals surface area contributed by atoms with Crippen molar-refractivity contribution in [3.63, 3.8) is 0 Å². The monoisotopic (exact) mass is 732 g/mol. The van der Waals surface area contributed by atoms with Crippen LogP contribution in [0.5, 0.6) is 11.5 Å². The van der Waals surface area contributed by atoms with Gasteiger partial charge in [-0.15, -0.1) is 0 Å². The summed E-state index contributed by atoms with van der Waals surface area (Å²) in [6, 6.07) is 27.9. The fourth-order valence-electron chi connectivity index (χ4n) is 7.23. The van der Waals surface area contributed by atoms with Gasteiger partial charge in [0.1, 0.15) is 18.6 Å². The van der Waals surface area contributed by atoms with E-state index in [1.54, 1.807) is 0 Å². The molecule has 282 valence electrons. The molecular formula is C47H61N2O3P. The fourth-order valence-corrected chi connectivity index (χ4v) is 9.96. The van der Waals surface area contributed by atoms with Crippen LogP contribution in [0.4, 0.5) is 0 Å². The maximum atomic E-state index is 14.7. The molecule has 5 rings (SSSR count). The molecular weight excluding hydrogens is 672 g/mol. The van der Waals surface area contributed by atoms with Crippen molar-refractivity contribution in [1.29, 1.82) is 0 Å². The van der Waals surface area contributed by atoms with Crippen LogP contribution in [0.1, 0.15) is 128 Å². The maximum absolute atomic E-state index is 14.7. The molecule has 0 heterocycles. The highest BCUT2D eigenvalue weighted by atomic mass is 31.2. The second kappa shape index (κ2) is 16.2. The molecule has 1 aliphatic rings. The molecule has 0 bridgehead atoms. The van der Waals surface area contributed by atoms with Crippen molar-refractivity contribution in [2.75, 3.05) is 6.16 Å². The molecule has 6 heteroatoms. The number of benzene rings is 4. The van der Waals surface area contributed by atoms with Gasteiger partial charge in [-0.05, 0) is 70.8 Å². The largest absolute Gasteiger partial charge is 0.507 e. The number of aliphatic imine (C=N–C) groups is 2. The summed E-state index contributed by atoms with van der Waals surface area (Å²) >= 11 is 0. The summed E-state index contributed by atoms with van der Waals surface area (Å²) < 4.78 is 14.7. The molecule has 1 fully saturated rings. The number of rotatable bonds is 10. The summed E-state index contributed by atoms with van der Waals surface area (Å²) in [7, 11) is -2.86. The molecule has 2 atom stereocenters. The van der Waals surface area contributed by atoms with E-state index in [-0.39, 0.29) is 34.1 Å². The minimum Gasteiger partial charge on any atom is -0.507 e. The first-order valence-electron chi connectivity index (χ1n) is 19.4. The van der Waals surface area contributed by atoms with Gasteiger partial charge in [0.25, 0.3) is 0 Å². The topological polar surface area (TPSA) is 82.2 Å². The lowest BCUT2D eigenvalue weighted by atomic mass is 9.79. The second-order valence-electron chi connectivity index (χ2n) is 18.0. The lowest BCUT2D eigenvalue weighted by molar-refractivity contribution is 0.390. The van der Waals surface area contributed by atoms with Gasteiger partial charge in [0.15, 0.2) is 0 Å². The molecule has 4 aromatic rings. The molecule has 5 nitrogen and oxygen atoms in total. The number of hydrogen-bond donors (Lipinski definition) is 2. The Morgan fingerprint density at radius 1 is 0.642 bits per heavy atom. The van der Waals surface area contributed by atoms with Gasteiger partial charge in [0, 0.05) is 45.9 Å². The zero-order chi connectivity index (χ0) is 38.6. The Hall–Kier alpha value is -3.95. The number of phenolic OH excluding ortho intramolecular Hbond substituents is 2. The van der Waals surface area contributed by atoms with Crippen LogP contribution in [0, 0.1) is 0 Å². The summed E-state index contributed by atoms with van der Waals surface area (Å²) in [4.78, 5) is 10.2. The predicted molar refractivity (Wildman–Crippen MR) is 226 cm³/mol. The minimum absolute atomic E-state index is 0.0201. The van der Waals surface area contributed by atoms with Crippen LogP contribution in [-0.2, 0) is 27.2 Å². The predicted octanol–water partition coefficient (Wildman–Crippen LogP) is 10.8. The Kier molecular flexibility index (Phi) is 12.3. The third-order valence-corrected chi connectivity index (χ3v) is 13.9. The maximum Gasteiger partial charge on any atom is 0.143 e. The van der Waals surface area contributed by atoms with E-state index in [9.17, 15) is 14.8 Å². The summed E-state index contributed by atoms with van der Waals surface area (Å²) in [5.74, 6) is 0.538. The van der Waals surface area contributed by atoms with Gasteiger partial charge in [-0.1, -0.05) is 148 Å². The van der Waals surface area contributed by atoms with Crippen LogP contribution >= 0.6 is 7.14 Å². The average molecular weight is 733 g/mol. The lowest BCUT2D eigenvalue weighted by Crippen LogP contribution is -2.27. The van der Waals surface area contributed by atoms with Gasteiger partial charge in [-0.25, -0.2) is 0 Å². The van der Waals surface area contributed by atoms with Crippen LogP contribution in [0.25, 0.3) is 0 Å². The molecule has 2 unspecified atom stereocenters. The zero-order valence-corrected chi connectivity index (χ0v) is 34.4. The van der Waals surface area contributed by atoms with Crippen molar-refractivity contribution < 1.29 is 14.8 Å². The normalized spacial score (nSPS) is 17.5. The van der Waals surface area contributed by atoms with E-state index in [2.05, 4.69) is 86.6 Å². The van der Waals surface area contributed by atoms with Crippen LogP contribution in [0.15, 0.2) is 94.9 Å². The van der Waals surface area contributed by atoms with Crippen molar-refractivity contribution in [1.82, 2.24) is 0 Å². The number of aromatic hydroxyl groups is 2. The SMILES string of the molecule is CC(C)(C)c1cc(C=NC2CCCCC2N=Cc2cc(C(C)(C)C)cc(C(C)(C)C)c2O)c(O)c(CCCP(=O)(c2ccccc2)c2ccccc2)c1. The Balaban J connectivity index is 1.42. The molecule has 1 aliphatic carbocycles. The third kappa shape index (κ3) is 9.78. The van der Waals surface area contributed by atoms with Gasteiger partial charge < -0.3 is 14.8 Å². The van der Waals surface area contributed by atoms with Gasteiger partial charge >= 0.3 is 0 Å². The molecule has 0 spiro atoms. The van der Waals surface area contributed by atoms with E-state index in [0.717, 1.165) is 58.5 Å².